The smallest absolute Gasteiger partial charge is 0.230 e. The Kier molecular flexibility index (Phi) is 5.95. The zero-order chi connectivity index (χ0) is 21.1. The molecule has 4 rings (SSSR count). The Bertz CT molecular complexity index is 916. The molecular formula is C24H31N3O3. The van der Waals surface area contributed by atoms with E-state index in [9.17, 15) is 4.79 Å². The van der Waals surface area contributed by atoms with Gasteiger partial charge in [-0.15, -0.1) is 0 Å². The fourth-order valence-electron chi connectivity index (χ4n) is 4.98. The number of hydrogen-bond acceptors (Lipinski definition) is 5. The van der Waals surface area contributed by atoms with E-state index >= 15 is 0 Å². The van der Waals surface area contributed by atoms with Crippen LogP contribution in [-0.2, 0) is 17.9 Å². The lowest BCUT2D eigenvalue weighted by molar-refractivity contribution is -0.146. The maximum absolute atomic E-state index is 13.6. The van der Waals surface area contributed by atoms with E-state index in [1.807, 2.05) is 36.1 Å². The maximum Gasteiger partial charge on any atom is 0.230 e. The van der Waals surface area contributed by atoms with Gasteiger partial charge in [0.25, 0.3) is 0 Å². The van der Waals surface area contributed by atoms with Crippen LogP contribution in [0.25, 0.3) is 0 Å². The number of carbonyl (C=O) groups excluding carboxylic acids is 1. The number of likely N-dealkylation sites (tertiary alicyclic amines) is 2. The first-order valence-corrected chi connectivity index (χ1v) is 10.7. The monoisotopic (exact) mass is 409 g/mol. The highest BCUT2D eigenvalue weighted by Gasteiger charge is 2.48. The Balaban J connectivity index is 1.47. The summed E-state index contributed by atoms with van der Waals surface area (Å²) < 4.78 is 11.0. The molecule has 2 aliphatic rings. The molecule has 2 aliphatic heterocycles. The molecule has 0 saturated carbocycles. The number of aromatic nitrogens is 1. The van der Waals surface area contributed by atoms with Gasteiger partial charge in [0.2, 0.25) is 5.91 Å². The second-order valence-electron chi connectivity index (χ2n) is 8.49. The van der Waals surface area contributed by atoms with Gasteiger partial charge in [0.05, 0.1) is 25.3 Å². The normalized spacial score (nSPS) is 22.0. The lowest BCUT2D eigenvalue weighted by Gasteiger charge is -2.39. The topological polar surface area (TPSA) is 54.9 Å². The van der Waals surface area contributed by atoms with Gasteiger partial charge in [0.1, 0.15) is 0 Å². The Morgan fingerprint density at radius 2 is 1.87 bits per heavy atom. The maximum atomic E-state index is 13.6. The van der Waals surface area contributed by atoms with Crippen molar-refractivity contribution >= 4 is 5.91 Å². The fourth-order valence-corrected chi connectivity index (χ4v) is 4.98. The van der Waals surface area contributed by atoms with E-state index < -0.39 is 0 Å². The molecule has 2 aromatic rings. The van der Waals surface area contributed by atoms with Crippen LogP contribution in [0.3, 0.4) is 0 Å². The van der Waals surface area contributed by atoms with Gasteiger partial charge in [-0.2, -0.15) is 0 Å². The van der Waals surface area contributed by atoms with E-state index in [-0.39, 0.29) is 11.3 Å². The van der Waals surface area contributed by atoms with Crippen molar-refractivity contribution in [3.05, 3.63) is 53.3 Å². The lowest BCUT2D eigenvalue weighted by atomic mass is 9.78. The minimum atomic E-state index is -0.270. The summed E-state index contributed by atoms with van der Waals surface area (Å²) in [5, 5.41) is 0. The number of carbonyl (C=O) groups is 1. The van der Waals surface area contributed by atoms with Gasteiger partial charge in [0, 0.05) is 37.4 Å². The Hall–Kier alpha value is -2.60. The highest BCUT2D eigenvalue weighted by molar-refractivity contribution is 5.84. The third kappa shape index (κ3) is 4.01. The first-order valence-electron chi connectivity index (χ1n) is 10.7. The molecule has 1 aromatic carbocycles. The summed E-state index contributed by atoms with van der Waals surface area (Å²) in [7, 11) is 3.29. The number of benzene rings is 1. The Morgan fingerprint density at radius 1 is 1.03 bits per heavy atom. The molecule has 0 bridgehead atoms. The molecule has 1 spiro atoms. The fraction of sp³-hybridized carbons (Fsp3) is 0.500. The van der Waals surface area contributed by atoms with Gasteiger partial charge in [0.15, 0.2) is 11.5 Å². The van der Waals surface area contributed by atoms with E-state index in [0.717, 1.165) is 62.4 Å². The average molecular weight is 410 g/mol. The lowest BCUT2D eigenvalue weighted by Crippen LogP contribution is -2.49. The molecule has 0 aliphatic carbocycles. The zero-order valence-corrected chi connectivity index (χ0v) is 18.2. The van der Waals surface area contributed by atoms with Crippen molar-refractivity contribution in [1.82, 2.24) is 14.8 Å². The first kappa shape index (κ1) is 20.7. The van der Waals surface area contributed by atoms with Crippen LogP contribution >= 0.6 is 0 Å². The van der Waals surface area contributed by atoms with Crippen molar-refractivity contribution < 1.29 is 14.3 Å². The van der Waals surface area contributed by atoms with Gasteiger partial charge in [-0.1, -0.05) is 18.2 Å². The number of aryl methyl sites for hydroxylation is 1. The summed E-state index contributed by atoms with van der Waals surface area (Å²) in [4.78, 5) is 22.6. The molecule has 1 aromatic heterocycles. The Labute approximate surface area is 178 Å². The van der Waals surface area contributed by atoms with E-state index in [2.05, 4.69) is 22.0 Å². The van der Waals surface area contributed by atoms with Crippen molar-refractivity contribution in [3.8, 4) is 11.5 Å². The van der Waals surface area contributed by atoms with Crippen LogP contribution in [0.1, 0.15) is 36.2 Å². The molecule has 160 valence electrons. The Morgan fingerprint density at radius 3 is 2.63 bits per heavy atom. The number of pyridine rings is 1. The number of ether oxygens (including phenoxy) is 2. The zero-order valence-electron chi connectivity index (χ0n) is 18.2. The van der Waals surface area contributed by atoms with E-state index in [4.69, 9.17) is 9.47 Å². The highest BCUT2D eigenvalue weighted by Crippen LogP contribution is 2.41. The molecule has 6 heteroatoms. The van der Waals surface area contributed by atoms with Crippen molar-refractivity contribution in [2.45, 2.75) is 39.3 Å². The van der Waals surface area contributed by atoms with Crippen LogP contribution in [0.5, 0.6) is 11.5 Å². The molecular weight excluding hydrogens is 378 g/mol. The van der Waals surface area contributed by atoms with Gasteiger partial charge < -0.3 is 14.4 Å². The molecule has 3 heterocycles. The van der Waals surface area contributed by atoms with Gasteiger partial charge in [-0.25, -0.2) is 0 Å². The van der Waals surface area contributed by atoms with Crippen molar-refractivity contribution in [2.24, 2.45) is 5.41 Å². The number of rotatable bonds is 6. The summed E-state index contributed by atoms with van der Waals surface area (Å²) in [6.07, 6.45) is 2.92. The minimum Gasteiger partial charge on any atom is -0.493 e. The second-order valence-corrected chi connectivity index (χ2v) is 8.49. The first-order chi connectivity index (χ1) is 14.5. The standard InChI is InChI=1S/C24H31N3O3/c1-18-7-4-9-20(25-18)16-26-14-12-24(17-26)11-6-13-27(23(24)28)15-19-8-5-10-21(29-2)22(19)30-3/h4-5,7-10H,6,11-17H2,1-3H3. The SMILES string of the molecule is COc1cccc(CN2CCCC3(CCN(Cc4cccc(C)n4)C3)C2=O)c1OC. The van der Waals surface area contributed by atoms with Crippen LogP contribution in [0.4, 0.5) is 0 Å². The van der Waals surface area contributed by atoms with Crippen LogP contribution in [0, 0.1) is 12.3 Å². The van der Waals surface area contributed by atoms with E-state index in [1.165, 1.54) is 0 Å². The number of nitrogens with zero attached hydrogens (tertiary/aromatic N) is 3. The van der Waals surface area contributed by atoms with Crippen molar-refractivity contribution in [3.63, 3.8) is 0 Å². The van der Waals surface area contributed by atoms with E-state index in [1.54, 1.807) is 14.2 Å². The van der Waals surface area contributed by atoms with Crippen LogP contribution < -0.4 is 9.47 Å². The summed E-state index contributed by atoms with van der Waals surface area (Å²) in [5.41, 5.74) is 2.83. The summed E-state index contributed by atoms with van der Waals surface area (Å²) in [6, 6.07) is 12.0. The third-order valence-corrected chi connectivity index (χ3v) is 6.43. The van der Waals surface area contributed by atoms with E-state index in [0.29, 0.717) is 18.0 Å². The van der Waals surface area contributed by atoms with Gasteiger partial charge >= 0.3 is 0 Å². The van der Waals surface area contributed by atoms with Gasteiger partial charge in [-0.3, -0.25) is 14.7 Å². The van der Waals surface area contributed by atoms with Crippen LogP contribution in [-0.4, -0.2) is 54.5 Å². The molecule has 1 unspecified atom stereocenters. The third-order valence-electron chi connectivity index (χ3n) is 6.43. The minimum absolute atomic E-state index is 0.270. The van der Waals surface area contributed by atoms with Crippen LogP contribution in [0.15, 0.2) is 36.4 Å². The molecule has 30 heavy (non-hydrogen) atoms. The molecule has 0 radical (unpaired) electrons. The molecule has 2 fully saturated rings. The predicted molar refractivity (Wildman–Crippen MR) is 115 cm³/mol. The summed E-state index contributed by atoms with van der Waals surface area (Å²) in [5.74, 6) is 1.69. The average Bonchev–Trinajstić information content (AvgIpc) is 3.14. The largest absolute Gasteiger partial charge is 0.493 e. The molecule has 0 N–H and O–H groups in total. The number of piperidine rings is 1. The highest BCUT2D eigenvalue weighted by atomic mass is 16.5. The summed E-state index contributed by atoms with van der Waals surface area (Å²) in [6.45, 7) is 5.93. The van der Waals surface area contributed by atoms with Crippen molar-refractivity contribution in [2.75, 3.05) is 33.9 Å². The molecule has 2 saturated heterocycles. The molecule has 1 amide bonds. The number of para-hydroxylation sites is 1. The number of methoxy groups -OCH3 is 2. The van der Waals surface area contributed by atoms with Crippen LogP contribution in [0.2, 0.25) is 0 Å². The second kappa shape index (κ2) is 8.64. The number of amides is 1. The van der Waals surface area contributed by atoms with Crippen molar-refractivity contribution in [1.29, 1.82) is 0 Å². The predicted octanol–water partition coefficient (Wildman–Crippen LogP) is 3.42. The molecule has 6 nitrogen and oxygen atoms in total. The molecule has 1 atom stereocenters. The summed E-state index contributed by atoms with van der Waals surface area (Å²) >= 11 is 0. The van der Waals surface area contributed by atoms with Gasteiger partial charge in [-0.05, 0) is 50.9 Å². The quantitative estimate of drug-likeness (QED) is 0.732. The number of hydrogen-bond donors (Lipinski definition) is 0.